The molecular formula is C15H13NO4. The van der Waals surface area contributed by atoms with Gasteiger partial charge in [-0.25, -0.2) is 0 Å². The van der Waals surface area contributed by atoms with Crippen molar-refractivity contribution in [3.63, 3.8) is 0 Å². The molecular weight excluding hydrogens is 258 g/mol. The average Bonchev–Trinajstić information content (AvgIpc) is 2.48. The van der Waals surface area contributed by atoms with E-state index >= 15 is 0 Å². The van der Waals surface area contributed by atoms with Gasteiger partial charge in [-0.2, -0.15) is 0 Å². The van der Waals surface area contributed by atoms with E-state index in [4.69, 9.17) is 4.74 Å². The molecule has 0 amide bonds. The van der Waals surface area contributed by atoms with Crippen LogP contribution in [0.4, 0.5) is 5.69 Å². The first-order valence-electron chi connectivity index (χ1n) is 6.09. The molecule has 2 aromatic carbocycles. The monoisotopic (exact) mass is 271 g/mol. The quantitative estimate of drug-likeness (QED) is 0.370. The molecule has 0 aliphatic rings. The molecule has 0 fully saturated rings. The summed E-state index contributed by atoms with van der Waals surface area (Å²) in [4.78, 5) is 22.0. The predicted octanol–water partition coefficient (Wildman–Crippen LogP) is 3.30. The van der Waals surface area contributed by atoms with Crippen molar-refractivity contribution >= 4 is 11.7 Å². The van der Waals surface area contributed by atoms with Crippen LogP contribution in [0.15, 0.2) is 54.6 Å². The lowest BCUT2D eigenvalue weighted by Gasteiger charge is -2.11. The number of rotatable bonds is 4. The number of carbonyl (C=O) groups is 1. The van der Waals surface area contributed by atoms with Gasteiger partial charge in [0.05, 0.1) is 10.8 Å². The van der Waals surface area contributed by atoms with Crippen LogP contribution in [-0.4, -0.2) is 10.9 Å². The standard InChI is InChI=1S/C15H13NO4/c1-11(12-5-3-2-4-6-12)15(17)20-14-9-7-13(8-10-14)16(18)19/h2-11H,1H3/t11-/m1/s1. The Morgan fingerprint density at radius 2 is 1.70 bits per heavy atom. The molecule has 2 rings (SSSR count). The summed E-state index contributed by atoms with van der Waals surface area (Å²) in [7, 11) is 0. The van der Waals surface area contributed by atoms with E-state index in [0.29, 0.717) is 5.75 Å². The molecule has 0 bridgehead atoms. The van der Waals surface area contributed by atoms with E-state index in [2.05, 4.69) is 0 Å². The van der Waals surface area contributed by atoms with Crippen molar-refractivity contribution in [2.75, 3.05) is 0 Å². The summed E-state index contributed by atoms with van der Waals surface area (Å²) < 4.78 is 5.20. The lowest BCUT2D eigenvalue weighted by molar-refractivity contribution is -0.384. The molecule has 0 aliphatic heterocycles. The third-order valence-corrected chi connectivity index (χ3v) is 2.92. The van der Waals surface area contributed by atoms with Gasteiger partial charge in [0.1, 0.15) is 5.75 Å². The molecule has 0 spiro atoms. The summed E-state index contributed by atoms with van der Waals surface area (Å²) in [6.07, 6.45) is 0. The molecule has 0 aromatic heterocycles. The molecule has 0 aliphatic carbocycles. The van der Waals surface area contributed by atoms with Gasteiger partial charge in [0.2, 0.25) is 0 Å². The van der Waals surface area contributed by atoms with Gasteiger partial charge in [-0.1, -0.05) is 30.3 Å². The molecule has 0 unspecified atom stereocenters. The smallest absolute Gasteiger partial charge is 0.318 e. The van der Waals surface area contributed by atoms with Crippen molar-refractivity contribution in [3.8, 4) is 5.75 Å². The van der Waals surface area contributed by atoms with Crippen LogP contribution in [0.2, 0.25) is 0 Å². The van der Waals surface area contributed by atoms with Crippen LogP contribution in [-0.2, 0) is 4.79 Å². The number of nitrogens with zero attached hydrogens (tertiary/aromatic N) is 1. The van der Waals surface area contributed by atoms with E-state index in [0.717, 1.165) is 5.56 Å². The minimum Gasteiger partial charge on any atom is -0.426 e. The Kier molecular flexibility index (Phi) is 4.10. The summed E-state index contributed by atoms with van der Waals surface area (Å²) in [6.45, 7) is 1.75. The van der Waals surface area contributed by atoms with Crippen LogP contribution in [0.3, 0.4) is 0 Å². The Labute approximate surface area is 116 Å². The Morgan fingerprint density at radius 1 is 1.10 bits per heavy atom. The number of hydrogen-bond acceptors (Lipinski definition) is 4. The van der Waals surface area contributed by atoms with E-state index in [1.165, 1.54) is 24.3 Å². The summed E-state index contributed by atoms with van der Waals surface area (Å²) in [6, 6.07) is 14.7. The van der Waals surface area contributed by atoms with Crippen LogP contribution < -0.4 is 4.74 Å². The van der Waals surface area contributed by atoms with Gasteiger partial charge in [-0.05, 0) is 24.6 Å². The maximum Gasteiger partial charge on any atom is 0.318 e. The Hall–Kier alpha value is -2.69. The van der Waals surface area contributed by atoms with Gasteiger partial charge in [0.15, 0.2) is 0 Å². The minimum absolute atomic E-state index is 0.0408. The first-order valence-corrected chi connectivity index (χ1v) is 6.09. The highest BCUT2D eigenvalue weighted by molar-refractivity contribution is 5.79. The fourth-order valence-corrected chi connectivity index (χ4v) is 1.72. The maximum absolute atomic E-state index is 12.0. The second kappa shape index (κ2) is 5.97. The lowest BCUT2D eigenvalue weighted by atomic mass is 10.0. The summed E-state index contributed by atoms with van der Waals surface area (Å²) in [5.74, 6) is -0.500. The second-order valence-corrected chi connectivity index (χ2v) is 4.30. The van der Waals surface area contributed by atoms with Crippen molar-refractivity contribution in [2.45, 2.75) is 12.8 Å². The molecule has 5 nitrogen and oxygen atoms in total. The SMILES string of the molecule is C[C@@H](C(=O)Oc1ccc([N+](=O)[O-])cc1)c1ccccc1. The van der Waals surface area contributed by atoms with E-state index in [9.17, 15) is 14.9 Å². The summed E-state index contributed by atoms with van der Waals surface area (Å²) in [5, 5.41) is 10.5. The van der Waals surface area contributed by atoms with Crippen LogP contribution in [0.25, 0.3) is 0 Å². The van der Waals surface area contributed by atoms with E-state index in [1.54, 1.807) is 6.92 Å². The van der Waals surface area contributed by atoms with Gasteiger partial charge in [0, 0.05) is 12.1 Å². The molecule has 0 saturated carbocycles. The Bertz CT molecular complexity index is 608. The number of nitro benzene ring substituents is 1. The molecule has 20 heavy (non-hydrogen) atoms. The number of ether oxygens (including phenoxy) is 1. The first kappa shape index (κ1) is 13.7. The van der Waals surface area contributed by atoms with Crippen molar-refractivity contribution in [1.82, 2.24) is 0 Å². The largest absolute Gasteiger partial charge is 0.426 e. The maximum atomic E-state index is 12.0. The molecule has 2 aromatic rings. The van der Waals surface area contributed by atoms with Crippen LogP contribution in [0, 0.1) is 10.1 Å². The van der Waals surface area contributed by atoms with Crippen molar-refractivity contribution in [1.29, 1.82) is 0 Å². The summed E-state index contributed by atoms with van der Waals surface area (Å²) in [5.41, 5.74) is 0.820. The number of nitro groups is 1. The van der Waals surface area contributed by atoms with Gasteiger partial charge in [-0.15, -0.1) is 0 Å². The number of non-ortho nitro benzene ring substituents is 1. The van der Waals surface area contributed by atoms with E-state index < -0.39 is 16.8 Å². The lowest BCUT2D eigenvalue weighted by Crippen LogP contribution is -2.16. The van der Waals surface area contributed by atoms with Crippen molar-refractivity contribution in [2.24, 2.45) is 0 Å². The number of carbonyl (C=O) groups excluding carboxylic acids is 1. The average molecular weight is 271 g/mol. The number of esters is 1. The molecule has 0 N–H and O–H groups in total. The van der Waals surface area contributed by atoms with Gasteiger partial charge in [0.25, 0.3) is 5.69 Å². The third kappa shape index (κ3) is 3.20. The minimum atomic E-state index is -0.502. The Balaban J connectivity index is 2.06. The number of benzene rings is 2. The van der Waals surface area contributed by atoms with Crippen molar-refractivity contribution < 1.29 is 14.5 Å². The zero-order valence-electron chi connectivity index (χ0n) is 10.9. The van der Waals surface area contributed by atoms with Gasteiger partial charge >= 0.3 is 5.97 Å². The predicted molar refractivity (Wildman–Crippen MR) is 73.6 cm³/mol. The van der Waals surface area contributed by atoms with Gasteiger partial charge < -0.3 is 4.74 Å². The van der Waals surface area contributed by atoms with Crippen molar-refractivity contribution in [3.05, 3.63) is 70.3 Å². The van der Waals surface area contributed by atoms with Crippen LogP contribution >= 0.6 is 0 Å². The zero-order valence-corrected chi connectivity index (χ0v) is 10.9. The fourth-order valence-electron chi connectivity index (χ4n) is 1.72. The topological polar surface area (TPSA) is 69.4 Å². The molecule has 0 saturated heterocycles. The molecule has 0 radical (unpaired) electrons. The number of hydrogen-bond donors (Lipinski definition) is 0. The van der Waals surface area contributed by atoms with Crippen LogP contribution in [0.5, 0.6) is 5.75 Å². The normalized spacial score (nSPS) is 11.7. The van der Waals surface area contributed by atoms with E-state index in [1.807, 2.05) is 30.3 Å². The molecule has 1 atom stereocenters. The Morgan fingerprint density at radius 3 is 2.25 bits per heavy atom. The van der Waals surface area contributed by atoms with Gasteiger partial charge in [-0.3, -0.25) is 14.9 Å². The third-order valence-electron chi connectivity index (χ3n) is 2.92. The molecule has 0 heterocycles. The second-order valence-electron chi connectivity index (χ2n) is 4.30. The summed E-state index contributed by atoms with van der Waals surface area (Å²) >= 11 is 0. The fraction of sp³-hybridized carbons (Fsp3) is 0.133. The highest BCUT2D eigenvalue weighted by Gasteiger charge is 2.17. The zero-order chi connectivity index (χ0) is 14.5. The molecule has 5 heteroatoms. The van der Waals surface area contributed by atoms with Crippen LogP contribution in [0.1, 0.15) is 18.4 Å². The highest BCUT2D eigenvalue weighted by Crippen LogP contribution is 2.21. The molecule has 102 valence electrons. The first-order chi connectivity index (χ1) is 9.58. The highest BCUT2D eigenvalue weighted by atomic mass is 16.6. The van der Waals surface area contributed by atoms with E-state index in [-0.39, 0.29) is 5.69 Å².